The molecular formula is C25H25N3O5S. The van der Waals surface area contributed by atoms with E-state index in [1.165, 1.54) is 0 Å². The van der Waals surface area contributed by atoms with Crippen molar-refractivity contribution in [3.8, 4) is 17.2 Å². The van der Waals surface area contributed by atoms with Gasteiger partial charge in [-0.3, -0.25) is 4.79 Å². The summed E-state index contributed by atoms with van der Waals surface area (Å²) in [4.78, 5) is 17.4. The summed E-state index contributed by atoms with van der Waals surface area (Å²) in [6, 6.07) is 21.5. The molecule has 176 valence electrons. The van der Waals surface area contributed by atoms with Crippen molar-refractivity contribution in [3.63, 3.8) is 0 Å². The molecule has 8 nitrogen and oxygen atoms in total. The maximum Gasteiger partial charge on any atom is 0.244 e. The normalized spacial score (nSPS) is 11.4. The molecule has 4 aromatic rings. The number of hydrogen-bond donors (Lipinski definition) is 1. The Labute approximate surface area is 198 Å². The first-order valence-electron chi connectivity index (χ1n) is 10.7. The van der Waals surface area contributed by atoms with E-state index in [-0.39, 0.29) is 18.2 Å². The molecular weight excluding hydrogens is 454 g/mol. The summed E-state index contributed by atoms with van der Waals surface area (Å²) in [6.07, 6.45) is 1.14. The zero-order chi connectivity index (χ0) is 24.1. The topological polar surface area (TPSA) is 99.5 Å². The third-order valence-corrected chi connectivity index (χ3v) is 5.73. The highest BCUT2D eigenvalue weighted by atomic mass is 32.2. The fourth-order valence-corrected chi connectivity index (χ4v) is 4.23. The van der Waals surface area contributed by atoms with Gasteiger partial charge in [-0.15, -0.1) is 0 Å². The van der Waals surface area contributed by atoms with Crippen molar-refractivity contribution in [2.75, 3.05) is 18.2 Å². The Kier molecular flexibility index (Phi) is 6.83. The van der Waals surface area contributed by atoms with Crippen LogP contribution in [0.15, 0.2) is 72.8 Å². The van der Waals surface area contributed by atoms with Crippen molar-refractivity contribution in [2.45, 2.75) is 19.2 Å². The number of nitrogens with one attached hydrogen (secondary N) is 1. The van der Waals surface area contributed by atoms with Crippen LogP contribution >= 0.6 is 0 Å². The molecule has 34 heavy (non-hydrogen) atoms. The number of para-hydroxylation sites is 4. The molecule has 0 spiro atoms. The Balaban J connectivity index is 1.54. The maximum atomic E-state index is 13.0. The van der Waals surface area contributed by atoms with Crippen LogP contribution in [-0.4, -0.2) is 36.7 Å². The quantitative estimate of drug-likeness (QED) is 0.382. The van der Waals surface area contributed by atoms with Gasteiger partial charge in [0.25, 0.3) is 0 Å². The molecule has 1 amide bonds. The van der Waals surface area contributed by atoms with Crippen molar-refractivity contribution < 1.29 is 22.7 Å². The van der Waals surface area contributed by atoms with E-state index in [1.54, 1.807) is 41.0 Å². The van der Waals surface area contributed by atoms with Gasteiger partial charge in [-0.2, -0.15) is 0 Å². The van der Waals surface area contributed by atoms with Gasteiger partial charge in [0.1, 0.15) is 29.6 Å². The maximum absolute atomic E-state index is 13.0. The molecule has 0 aliphatic carbocycles. The van der Waals surface area contributed by atoms with Crippen molar-refractivity contribution in [1.82, 2.24) is 9.55 Å². The first kappa shape index (κ1) is 23.3. The summed E-state index contributed by atoms with van der Waals surface area (Å²) in [5.74, 6) is 1.55. The van der Waals surface area contributed by atoms with Crippen LogP contribution in [-0.2, 0) is 26.9 Å². The average Bonchev–Trinajstić information content (AvgIpc) is 3.12. The van der Waals surface area contributed by atoms with E-state index in [2.05, 4.69) is 10.3 Å². The van der Waals surface area contributed by atoms with E-state index in [0.29, 0.717) is 40.7 Å². The number of sulfone groups is 1. The fourth-order valence-electron chi connectivity index (χ4n) is 3.54. The van der Waals surface area contributed by atoms with E-state index < -0.39 is 9.84 Å². The molecule has 1 N–H and O–H groups in total. The third-order valence-electron chi connectivity index (χ3n) is 4.95. The Morgan fingerprint density at radius 3 is 2.38 bits per heavy atom. The second-order valence-electron chi connectivity index (χ2n) is 7.72. The Morgan fingerprint density at radius 2 is 1.65 bits per heavy atom. The number of fused-ring (bicyclic) bond motifs is 1. The zero-order valence-corrected chi connectivity index (χ0v) is 19.7. The van der Waals surface area contributed by atoms with Gasteiger partial charge in [0.05, 0.1) is 23.3 Å². The highest BCUT2D eigenvalue weighted by Crippen LogP contribution is 2.30. The van der Waals surface area contributed by atoms with Gasteiger partial charge in [0.15, 0.2) is 15.6 Å². The van der Waals surface area contributed by atoms with E-state index in [1.807, 2.05) is 43.3 Å². The average molecular weight is 480 g/mol. The van der Waals surface area contributed by atoms with Gasteiger partial charge in [0, 0.05) is 6.26 Å². The van der Waals surface area contributed by atoms with Crippen LogP contribution in [0.25, 0.3) is 11.0 Å². The van der Waals surface area contributed by atoms with Crippen molar-refractivity contribution >= 4 is 32.5 Å². The lowest BCUT2D eigenvalue weighted by molar-refractivity contribution is -0.116. The highest BCUT2D eigenvalue weighted by molar-refractivity contribution is 7.89. The number of anilines is 1. The number of carbonyl (C=O) groups excluding carboxylic acids is 1. The minimum absolute atomic E-state index is 0.0945. The van der Waals surface area contributed by atoms with Gasteiger partial charge in [0.2, 0.25) is 5.91 Å². The van der Waals surface area contributed by atoms with Crippen molar-refractivity contribution in [2.24, 2.45) is 0 Å². The lowest BCUT2D eigenvalue weighted by atomic mass is 10.2. The van der Waals surface area contributed by atoms with E-state index in [9.17, 15) is 13.2 Å². The highest BCUT2D eigenvalue weighted by Gasteiger charge is 2.18. The van der Waals surface area contributed by atoms with Gasteiger partial charge in [-0.05, 0) is 55.5 Å². The van der Waals surface area contributed by atoms with Gasteiger partial charge >= 0.3 is 0 Å². The number of rotatable bonds is 9. The van der Waals surface area contributed by atoms with Crippen molar-refractivity contribution in [3.05, 3.63) is 78.6 Å². The first-order valence-corrected chi connectivity index (χ1v) is 12.8. The van der Waals surface area contributed by atoms with Gasteiger partial charge in [-0.1, -0.05) is 24.3 Å². The number of amides is 1. The standard InChI is InChI=1S/C25H25N3O5S/c1-3-32-18-12-14-19(15-13-18)33-23-11-7-5-9-21(23)27-25(29)16-28-22-10-6-4-8-20(22)26-24(28)17-34(2,30)31/h4-15H,3,16-17H2,1-2H3,(H,27,29). The molecule has 0 aliphatic rings. The van der Waals surface area contributed by atoms with Crippen LogP contribution < -0.4 is 14.8 Å². The van der Waals surface area contributed by atoms with Crippen LogP contribution in [0.2, 0.25) is 0 Å². The molecule has 0 atom stereocenters. The number of imidazole rings is 1. The molecule has 0 bridgehead atoms. The van der Waals surface area contributed by atoms with Crippen LogP contribution in [0.5, 0.6) is 17.2 Å². The molecule has 0 fully saturated rings. The van der Waals surface area contributed by atoms with Gasteiger partial charge < -0.3 is 19.4 Å². The van der Waals surface area contributed by atoms with Crippen LogP contribution in [0.1, 0.15) is 12.7 Å². The van der Waals surface area contributed by atoms with Crippen LogP contribution in [0.4, 0.5) is 5.69 Å². The molecule has 0 radical (unpaired) electrons. The number of nitrogens with zero attached hydrogens (tertiary/aromatic N) is 2. The molecule has 1 heterocycles. The number of aromatic nitrogens is 2. The summed E-state index contributed by atoms with van der Waals surface area (Å²) in [6.45, 7) is 2.40. The monoisotopic (exact) mass is 479 g/mol. The molecule has 0 aliphatic heterocycles. The first-order chi connectivity index (χ1) is 16.3. The molecule has 0 unspecified atom stereocenters. The Morgan fingerprint density at radius 1 is 0.971 bits per heavy atom. The predicted molar refractivity (Wildman–Crippen MR) is 131 cm³/mol. The third kappa shape index (κ3) is 5.74. The summed E-state index contributed by atoms with van der Waals surface area (Å²) < 4.78 is 36.9. The van der Waals surface area contributed by atoms with E-state index >= 15 is 0 Å². The molecule has 3 aromatic carbocycles. The number of carbonyl (C=O) groups is 1. The lowest BCUT2D eigenvalue weighted by Crippen LogP contribution is -2.21. The second-order valence-corrected chi connectivity index (χ2v) is 9.86. The number of benzene rings is 3. The summed E-state index contributed by atoms with van der Waals surface area (Å²) >= 11 is 0. The van der Waals surface area contributed by atoms with Gasteiger partial charge in [-0.25, -0.2) is 13.4 Å². The second kappa shape index (κ2) is 9.96. The number of hydrogen-bond acceptors (Lipinski definition) is 6. The minimum atomic E-state index is -3.33. The zero-order valence-electron chi connectivity index (χ0n) is 18.9. The van der Waals surface area contributed by atoms with Crippen LogP contribution in [0.3, 0.4) is 0 Å². The summed E-state index contributed by atoms with van der Waals surface area (Å²) in [5.41, 5.74) is 1.82. The molecule has 4 rings (SSSR count). The molecule has 0 saturated carbocycles. The Bertz CT molecular complexity index is 1410. The molecule has 0 saturated heterocycles. The predicted octanol–water partition coefficient (Wildman–Crippen LogP) is 4.41. The van der Waals surface area contributed by atoms with E-state index in [4.69, 9.17) is 9.47 Å². The minimum Gasteiger partial charge on any atom is -0.494 e. The number of ether oxygens (including phenoxy) is 2. The molecule has 1 aromatic heterocycles. The summed E-state index contributed by atoms with van der Waals surface area (Å²) in [7, 11) is -3.33. The fraction of sp³-hybridized carbons (Fsp3) is 0.200. The Hall–Kier alpha value is -3.85. The SMILES string of the molecule is CCOc1ccc(Oc2ccccc2NC(=O)Cn2c(CS(C)(=O)=O)nc3ccccc32)cc1. The largest absolute Gasteiger partial charge is 0.494 e. The van der Waals surface area contributed by atoms with Crippen molar-refractivity contribution in [1.29, 1.82) is 0 Å². The summed E-state index contributed by atoms with van der Waals surface area (Å²) in [5, 5.41) is 2.87. The molecule has 9 heteroatoms. The lowest BCUT2D eigenvalue weighted by Gasteiger charge is -2.14. The smallest absolute Gasteiger partial charge is 0.244 e. The van der Waals surface area contributed by atoms with Crippen LogP contribution in [0, 0.1) is 0 Å². The van der Waals surface area contributed by atoms with E-state index in [0.717, 1.165) is 12.0 Å².